The molecule has 4 aliphatic rings. The predicted molar refractivity (Wildman–Crippen MR) is 128 cm³/mol. The molecule has 1 saturated heterocycles. The van der Waals surface area contributed by atoms with Gasteiger partial charge in [-0.15, -0.1) is 0 Å². The van der Waals surface area contributed by atoms with Gasteiger partial charge in [0.25, 0.3) is 0 Å². The molecule has 0 spiro atoms. The van der Waals surface area contributed by atoms with Gasteiger partial charge in [0.1, 0.15) is 17.4 Å². The molecule has 2 aliphatic heterocycles. The molecule has 0 amide bonds. The van der Waals surface area contributed by atoms with Crippen molar-refractivity contribution in [1.82, 2.24) is 0 Å². The normalized spacial score (nSPS) is 29.7. The fourth-order valence-corrected chi connectivity index (χ4v) is 5.97. The summed E-state index contributed by atoms with van der Waals surface area (Å²) in [7, 11) is 0. The van der Waals surface area contributed by atoms with Crippen LogP contribution in [0.2, 0.25) is 0 Å². The summed E-state index contributed by atoms with van der Waals surface area (Å²) >= 11 is 0. The Labute approximate surface area is 202 Å². The van der Waals surface area contributed by atoms with Gasteiger partial charge < -0.3 is 26.0 Å². The third-order valence-electron chi connectivity index (χ3n) is 7.53. The number of phenols is 1. The van der Waals surface area contributed by atoms with E-state index in [1.165, 1.54) is 6.07 Å². The minimum absolute atomic E-state index is 0.0326. The van der Waals surface area contributed by atoms with Gasteiger partial charge in [0.2, 0.25) is 0 Å². The van der Waals surface area contributed by atoms with Gasteiger partial charge in [-0.2, -0.15) is 0 Å². The van der Waals surface area contributed by atoms with Gasteiger partial charge in [-0.1, -0.05) is 55.7 Å². The smallest absolute Gasteiger partial charge is 0.198 e. The molecular formula is C28H22N2O5. The van der Waals surface area contributed by atoms with Crippen LogP contribution in [0.4, 0.5) is 5.69 Å². The number of ketones is 2. The summed E-state index contributed by atoms with van der Waals surface area (Å²) in [5, 5.41) is 25.7. The topological polar surface area (TPSA) is 125 Å². The number of benzene rings is 2. The molecule has 35 heavy (non-hydrogen) atoms. The average molecular weight is 466 g/mol. The Morgan fingerprint density at radius 3 is 2.57 bits per heavy atom. The van der Waals surface area contributed by atoms with E-state index in [2.05, 4.69) is 29.0 Å². The highest BCUT2D eigenvalue weighted by molar-refractivity contribution is 6.31. The summed E-state index contributed by atoms with van der Waals surface area (Å²) in [5.74, 6) is 10.3. The number of hydrogen-bond acceptors (Lipinski definition) is 7. The van der Waals surface area contributed by atoms with Crippen molar-refractivity contribution in [3.8, 4) is 29.4 Å². The van der Waals surface area contributed by atoms with Crippen LogP contribution >= 0.6 is 0 Å². The fraction of sp³-hybridized carbons (Fsp3) is 0.286. The van der Waals surface area contributed by atoms with Gasteiger partial charge in [0.05, 0.1) is 16.8 Å². The molecule has 2 aromatic carbocycles. The Kier molecular flexibility index (Phi) is 4.37. The molecule has 2 aromatic rings. The summed E-state index contributed by atoms with van der Waals surface area (Å²) in [6.45, 7) is 3.99. The second-order valence-electron chi connectivity index (χ2n) is 9.45. The highest BCUT2D eigenvalue weighted by Crippen LogP contribution is 2.68. The molecule has 0 saturated carbocycles. The lowest BCUT2D eigenvalue weighted by Gasteiger charge is -2.38. The van der Waals surface area contributed by atoms with E-state index in [1.807, 2.05) is 13.8 Å². The summed E-state index contributed by atoms with van der Waals surface area (Å²) in [4.78, 5) is 27.4. The lowest BCUT2D eigenvalue weighted by Crippen LogP contribution is -2.52. The molecule has 7 heteroatoms. The zero-order chi connectivity index (χ0) is 24.7. The van der Waals surface area contributed by atoms with Crippen molar-refractivity contribution in [3.63, 3.8) is 0 Å². The van der Waals surface area contributed by atoms with Crippen molar-refractivity contribution in [2.75, 3.05) is 5.32 Å². The van der Waals surface area contributed by atoms with Crippen molar-refractivity contribution < 1.29 is 24.5 Å². The maximum absolute atomic E-state index is 13.9. The number of epoxide rings is 1. The number of hydrogen-bond donors (Lipinski definition) is 4. The van der Waals surface area contributed by atoms with E-state index in [0.29, 0.717) is 16.8 Å². The lowest BCUT2D eigenvalue weighted by molar-refractivity contribution is 0.0974. The number of ether oxygens (including phenoxy) is 1. The Morgan fingerprint density at radius 2 is 1.86 bits per heavy atom. The Hall–Kier alpha value is -3.88. The number of nitrogens with one attached hydrogen (secondary N) is 1. The van der Waals surface area contributed by atoms with Crippen molar-refractivity contribution >= 4 is 17.3 Å². The van der Waals surface area contributed by atoms with E-state index in [-0.39, 0.29) is 40.5 Å². The van der Waals surface area contributed by atoms with Gasteiger partial charge in [-0.3, -0.25) is 9.59 Å². The summed E-state index contributed by atoms with van der Waals surface area (Å²) in [5.41, 5.74) is 5.18. The summed E-state index contributed by atoms with van der Waals surface area (Å²) in [6, 6.07) is 5.73. The maximum atomic E-state index is 13.9. The van der Waals surface area contributed by atoms with Gasteiger partial charge in [0.15, 0.2) is 23.3 Å². The van der Waals surface area contributed by atoms with E-state index in [4.69, 9.17) is 10.5 Å². The van der Waals surface area contributed by atoms with Crippen molar-refractivity contribution in [1.29, 1.82) is 0 Å². The first kappa shape index (κ1) is 21.6. The molecule has 4 atom stereocenters. The van der Waals surface area contributed by atoms with Gasteiger partial charge in [-0.25, -0.2) is 0 Å². The predicted octanol–water partition coefficient (Wildman–Crippen LogP) is 1.98. The van der Waals surface area contributed by atoms with Crippen LogP contribution < -0.4 is 11.1 Å². The van der Waals surface area contributed by atoms with Crippen LogP contribution in [-0.2, 0) is 16.9 Å². The Bertz CT molecular complexity index is 1520. The van der Waals surface area contributed by atoms with Crippen molar-refractivity contribution in [2.45, 2.75) is 43.7 Å². The number of rotatable bonds is 2. The largest absolute Gasteiger partial charge is 0.507 e. The third-order valence-corrected chi connectivity index (χ3v) is 7.53. The number of fused-ring (bicyclic) bond motifs is 4. The molecule has 2 bridgehead atoms. The maximum Gasteiger partial charge on any atom is 0.198 e. The van der Waals surface area contributed by atoms with Crippen LogP contribution in [0.15, 0.2) is 36.4 Å². The Morgan fingerprint density at radius 1 is 1.11 bits per heavy atom. The van der Waals surface area contributed by atoms with Gasteiger partial charge in [0, 0.05) is 23.2 Å². The van der Waals surface area contributed by atoms with E-state index in [0.717, 1.165) is 0 Å². The van der Waals surface area contributed by atoms with E-state index in [9.17, 15) is 19.8 Å². The molecule has 7 nitrogen and oxygen atoms in total. The minimum Gasteiger partial charge on any atom is -0.507 e. The summed E-state index contributed by atoms with van der Waals surface area (Å²) in [6.07, 6.45) is 1.87. The molecule has 6 rings (SSSR count). The second kappa shape index (κ2) is 7.07. The molecule has 2 aliphatic carbocycles. The highest BCUT2D eigenvalue weighted by Gasteiger charge is 2.81. The number of aromatic hydroxyl groups is 1. The SMILES string of the molecule is CC(C)[C@@]12O[C@]13c1cc(O)c4c(c1N[C@H]2C#C/C=C\C#C[C@H]3O)C(=O)c1c(CN)cccc1C4=O. The number of nitrogens with two attached hydrogens (primary N) is 1. The first-order valence-corrected chi connectivity index (χ1v) is 11.4. The molecule has 174 valence electrons. The van der Waals surface area contributed by atoms with Crippen LogP contribution in [0.25, 0.3) is 0 Å². The number of phenolic OH excluding ortho intramolecular Hbond substituents is 1. The summed E-state index contributed by atoms with van der Waals surface area (Å²) < 4.78 is 6.40. The number of aliphatic hydroxyl groups excluding tert-OH is 1. The molecule has 0 radical (unpaired) electrons. The number of carbonyl (C=O) groups is 2. The van der Waals surface area contributed by atoms with Crippen molar-refractivity contribution in [3.05, 3.63) is 69.8 Å². The standard InChI is InChI=1S/C28H22N2O5/c1-14(2)27-19-10-5-3-4-6-11-20(32)28(27,35-27)17-12-18(31)22-23(24(17)30-19)26(34)21-15(13-29)8-7-9-16(21)25(22)33/h3-4,7-9,12,14,19-20,30-32H,13,29H2,1-2H3/b4-3-/t19-,20+,27-,28-/m0/s1. The van der Waals surface area contributed by atoms with Gasteiger partial charge in [-0.05, 0) is 29.7 Å². The molecular weight excluding hydrogens is 444 g/mol. The van der Waals surface area contributed by atoms with Crippen LogP contribution in [0.5, 0.6) is 5.75 Å². The first-order chi connectivity index (χ1) is 16.8. The molecule has 2 heterocycles. The fourth-order valence-electron chi connectivity index (χ4n) is 5.97. The third kappa shape index (κ3) is 2.47. The van der Waals surface area contributed by atoms with Crippen molar-refractivity contribution in [2.24, 2.45) is 11.7 Å². The number of anilines is 1. The van der Waals surface area contributed by atoms with Crippen LogP contribution in [-0.4, -0.2) is 39.5 Å². The van der Waals surface area contributed by atoms with Crippen LogP contribution in [0.1, 0.15) is 56.8 Å². The molecule has 5 N–H and O–H groups in total. The lowest BCUT2D eigenvalue weighted by atomic mass is 9.67. The average Bonchev–Trinajstić information content (AvgIpc) is 3.57. The Balaban J connectivity index is 1.69. The zero-order valence-corrected chi connectivity index (χ0v) is 19.1. The second-order valence-corrected chi connectivity index (χ2v) is 9.45. The first-order valence-electron chi connectivity index (χ1n) is 11.4. The van der Waals surface area contributed by atoms with E-state index in [1.54, 1.807) is 30.4 Å². The quantitative estimate of drug-likeness (QED) is 0.259. The number of aliphatic hydroxyl groups is 1. The van der Waals surface area contributed by atoms with Gasteiger partial charge >= 0.3 is 0 Å². The van der Waals surface area contributed by atoms with Crippen LogP contribution in [0.3, 0.4) is 0 Å². The van der Waals surface area contributed by atoms with Crippen LogP contribution in [0, 0.1) is 29.6 Å². The zero-order valence-electron chi connectivity index (χ0n) is 19.1. The minimum atomic E-state index is -1.34. The molecule has 1 fully saturated rings. The number of allylic oxidation sites excluding steroid dienone is 2. The van der Waals surface area contributed by atoms with E-state index < -0.39 is 34.9 Å². The molecule has 0 aromatic heterocycles. The molecule has 0 unspecified atom stereocenters. The van der Waals surface area contributed by atoms with E-state index >= 15 is 0 Å². The monoisotopic (exact) mass is 466 g/mol. The number of carbonyl (C=O) groups excluding carboxylic acids is 2. The highest BCUT2D eigenvalue weighted by atomic mass is 16.6.